The number of hydrogen-bond acceptors (Lipinski definition) is 3. The van der Waals surface area contributed by atoms with E-state index in [1.54, 1.807) is 11.3 Å². The van der Waals surface area contributed by atoms with Crippen molar-refractivity contribution >= 4 is 22.9 Å². The molecule has 1 unspecified atom stereocenters. The Morgan fingerprint density at radius 1 is 1.42 bits per heavy atom. The number of hydrogen-bond donors (Lipinski definition) is 1. The van der Waals surface area contributed by atoms with Crippen molar-refractivity contribution in [3.8, 4) is 10.6 Å². The minimum absolute atomic E-state index is 0.418. The van der Waals surface area contributed by atoms with Gasteiger partial charge < -0.3 is 5.32 Å². The molecule has 1 aromatic heterocycles. The summed E-state index contributed by atoms with van der Waals surface area (Å²) in [6.07, 6.45) is 3.58. The molecule has 2 aromatic rings. The fraction of sp³-hybridized carbons (Fsp3) is 0.400. The second-order valence-electron chi connectivity index (χ2n) is 4.81. The molecule has 1 heterocycles. The molecule has 3 rings (SSSR count). The summed E-state index contributed by atoms with van der Waals surface area (Å²) in [4.78, 5) is 6.28. The van der Waals surface area contributed by atoms with Crippen LogP contribution in [0.15, 0.2) is 24.3 Å². The van der Waals surface area contributed by atoms with Crippen molar-refractivity contribution in [1.29, 1.82) is 0 Å². The lowest BCUT2D eigenvalue weighted by Gasteiger charge is -2.21. The van der Waals surface area contributed by atoms with E-state index >= 15 is 0 Å². The van der Waals surface area contributed by atoms with E-state index in [2.05, 4.69) is 18.3 Å². The van der Waals surface area contributed by atoms with Gasteiger partial charge in [-0.15, -0.1) is 11.3 Å². The van der Waals surface area contributed by atoms with Crippen molar-refractivity contribution in [1.82, 2.24) is 10.3 Å². The van der Waals surface area contributed by atoms with Crippen molar-refractivity contribution in [2.45, 2.75) is 32.2 Å². The summed E-state index contributed by atoms with van der Waals surface area (Å²) in [5.41, 5.74) is 2.30. The van der Waals surface area contributed by atoms with Gasteiger partial charge in [0.15, 0.2) is 0 Å². The molecule has 0 fully saturated rings. The summed E-state index contributed by atoms with van der Waals surface area (Å²) in [5, 5.41) is 5.37. The van der Waals surface area contributed by atoms with Crippen LogP contribution in [0, 0.1) is 0 Å². The number of nitrogens with zero attached hydrogens (tertiary/aromatic N) is 1. The largest absolute Gasteiger partial charge is 0.309 e. The highest BCUT2D eigenvalue weighted by molar-refractivity contribution is 7.15. The Labute approximate surface area is 122 Å². The number of nitrogens with one attached hydrogen (secondary N) is 1. The van der Waals surface area contributed by atoms with Gasteiger partial charge in [0.25, 0.3) is 0 Å². The summed E-state index contributed by atoms with van der Waals surface area (Å²) in [5.74, 6) is 0. The first-order valence-electron chi connectivity index (χ1n) is 6.77. The predicted octanol–water partition coefficient (Wildman–Crippen LogP) is 4.45. The molecule has 0 bridgehead atoms. The second-order valence-corrected chi connectivity index (χ2v) is 6.30. The standard InChI is InChI=1S/C15H17ClN2S/c1-2-17-12-8-5-9-13-14(12)18-15(19-13)10-6-3-4-7-11(10)16/h3-4,6-7,12,17H,2,5,8-9H2,1H3. The molecule has 0 spiro atoms. The van der Waals surface area contributed by atoms with Gasteiger partial charge in [-0.25, -0.2) is 4.98 Å². The number of fused-ring (bicyclic) bond motifs is 1. The van der Waals surface area contributed by atoms with Gasteiger partial charge >= 0.3 is 0 Å². The zero-order valence-electron chi connectivity index (χ0n) is 10.9. The van der Waals surface area contributed by atoms with Crippen LogP contribution in [-0.2, 0) is 6.42 Å². The molecule has 0 saturated carbocycles. The van der Waals surface area contributed by atoms with Crippen molar-refractivity contribution in [2.75, 3.05) is 6.54 Å². The number of halogens is 1. The first-order valence-corrected chi connectivity index (χ1v) is 7.97. The molecule has 19 heavy (non-hydrogen) atoms. The van der Waals surface area contributed by atoms with Gasteiger partial charge in [-0.3, -0.25) is 0 Å². The Hall–Kier alpha value is -0.900. The molecule has 100 valence electrons. The number of aryl methyl sites for hydroxylation is 1. The van der Waals surface area contributed by atoms with E-state index < -0.39 is 0 Å². The number of benzene rings is 1. The SMILES string of the molecule is CCNC1CCCc2sc(-c3ccccc3Cl)nc21. The van der Waals surface area contributed by atoms with E-state index in [9.17, 15) is 0 Å². The van der Waals surface area contributed by atoms with Crippen LogP contribution in [0.4, 0.5) is 0 Å². The smallest absolute Gasteiger partial charge is 0.125 e. The summed E-state index contributed by atoms with van der Waals surface area (Å²) in [6.45, 7) is 3.14. The van der Waals surface area contributed by atoms with Crippen LogP contribution in [0.2, 0.25) is 5.02 Å². The Kier molecular flexibility index (Phi) is 3.87. The van der Waals surface area contributed by atoms with Crippen LogP contribution in [-0.4, -0.2) is 11.5 Å². The van der Waals surface area contributed by atoms with Gasteiger partial charge in [0.05, 0.1) is 16.8 Å². The first kappa shape index (κ1) is 13.1. The van der Waals surface area contributed by atoms with Crippen molar-refractivity contribution in [3.63, 3.8) is 0 Å². The molecular formula is C15H17ClN2S. The minimum Gasteiger partial charge on any atom is -0.309 e. The third kappa shape index (κ3) is 2.55. The zero-order chi connectivity index (χ0) is 13.2. The topological polar surface area (TPSA) is 24.9 Å². The lowest BCUT2D eigenvalue weighted by Crippen LogP contribution is -2.24. The maximum atomic E-state index is 6.27. The minimum atomic E-state index is 0.418. The van der Waals surface area contributed by atoms with Crippen LogP contribution in [0.3, 0.4) is 0 Å². The number of rotatable bonds is 3. The predicted molar refractivity (Wildman–Crippen MR) is 81.9 cm³/mol. The van der Waals surface area contributed by atoms with Gasteiger partial charge in [-0.05, 0) is 31.9 Å². The Bertz CT molecular complexity index is 579. The maximum absolute atomic E-state index is 6.27. The normalized spacial score (nSPS) is 18.3. The van der Waals surface area contributed by atoms with E-state index in [4.69, 9.17) is 16.6 Å². The van der Waals surface area contributed by atoms with Crippen LogP contribution in [0.5, 0.6) is 0 Å². The van der Waals surface area contributed by atoms with Gasteiger partial charge in [0, 0.05) is 10.4 Å². The van der Waals surface area contributed by atoms with Crippen LogP contribution < -0.4 is 5.32 Å². The molecule has 1 aromatic carbocycles. The first-order chi connectivity index (χ1) is 9.29. The monoisotopic (exact) mass is 292 g/mol. The quantitative estimate of drug-likeness (QED) is 0.904. The number of aromatic nitrogens is 1. The van der Waals surface area contributed by atoms with Gasteiger partial charge in [0.2, 0.25) is 0 Å². The van der Waals surface area contributed by atoms with E-state index in [1.807, 2.05) is 18.2 Å². The van der Waals surface area contributed by atoms with E-state index in [1.165, 1.54) is 23.4 Å². The van der Waals surface area contributed by atoms with E-state index in [-0.39, 0.29) is 0 Å². The third-order valence-corrected chi connectivity index (χ3v) is 5.00. The second kappa shape index (κ2) is 5.61. The molecule has 2 nitrogen and oxygen atoms in total. The third-order valence-electron chi connectivity index (χ3n) is 3.51. The highest BCUT2D eigenvalue weighted by Gasteiger charge is 2.24. The Morgan fingerprint density at radius 3 is 3.05 bits per heavy atom. The Balaban J connectivity index is 2.00. The summed E-state index contributed by atoms with van der Waals surface area (Å²) in [7, 11) is 0. The summed E-state index contributed by atoms with van der Waals surface area (Å²) in [6, 6.07) is 8.37. The van der Waals surface area contributed by atoms with Gasteiger partial charge in [-0.1, -0.05) is 36.7 Å². The molecule has 0 aliphatic heterocycles. The van der Waals surface area contributed by atoms with Gasteiger partial charge in [0.1, 0.15) is 5.01 Å². The molecule has 1 N–H and O–H groups in total. The van der Waals surface area contributed by atoms with Crippen LogP contribution in [0.25, 0.3) is 10.6 Å². The van der Waals surface area contributed by atoms with Crippen molar-refractivity contribution in [2.24, 2.45) is 0 Å². The van der Waals surface area contributed by atoms with Crippen molar-refractivity contribution < 1.29 is 0 Å². The fourth-order valence-electron chi connectivity index (χ4n) is 2.61. The Morgan fingerprint density at radius 2 is 2.26 bits per heavy atom. The summed E-state index contributed by atoms with van der Waals surface area (Å²) >= 11 is 8.07. The molecule has 0 radical (unpaired) electrons. The number of thiazole rings is 1. The zero-order valence-corrected chi connectivity index (χ0v) is 12.5. The molecular weight excluding hydrogens is 276 g/mol. The van der Waals surface area contributed by atoms with E-state index in [0.717, 1.165) is 28.6 Å². The average Bonchev–Trinajstić information content (AvgIpc) is 2.84. The fourth-order valence-corrected chi connectivity index (χ4v) is 4.10. The molecule has 4 heteroatoms. The van der Waals surface area contributed by atoms with Gasteiger partial charge in [-0.2, -0.15) is 0 Å². The molecule has 0 saturated heterocycles. The van der Waals surface area contributed by atoms with Crippen LogP contribution in [0.1, 0.15) is 36.4 Å². The molecule has 1 aliphatic rings. The lowest BCUT2D eigenvalue weighted by atomic mass is 9.98. The molecule has 1 aliphatic carbocycles. The maximum Gasteiger partial charge on any atom is 0.125 e. The van der Waals surface area contributed by atoms with Crippen LogP contribution >= 0.6 is 22.9 Å². The van der Waals surface area contributed by atoms with Crippen molar-refractivity contribution in [3.05, 3.63) is 39.9 Å². The molecule has 1 atom stereocenters. The highest BCUT2D eigenvalue weighted by Crippen LogP contribution is 2.38. The van der Waals surface area contributed by atoms with E-state index in [0.29, 0.717) is 6.04 Å². The lowest BCUT2D eigenvalue weighted by molar-refractivity contribution is 0.465. The average molecular weight is 293 g/mol. The highest BCUT2D eigenvalue weighted by atomic mass is 35.5. The summed E-state index contributed by atoms with van der Waals surface area (Å²) < 4.78 is 0. The molecule has 0 amide bonds.